The Bertz CT molecular complexity index is 397. The van der Waals surface area contributed by atoms with E-state index in [-0.39, 0.29) is 0 Å². The zero-order chi connectivity index (χ0) is 11.0. The van der Waals surface area contributed by atoms with Gasteiger partial charge in [-0.15, -0.1) is 0 Å². The van der Waals surface area contributed by atoms with Crippen molar-refractivity contribution in [3.8, 4) is 5.75 Å². The number of methoxy groups -OCH3 is 1. The molecule has 0 aromatic heterocycles. The maximum atomic E-state index is 5.28. The lowest BCUT2D eigenvalue weighted by Crippen LogP contribution is -2.35. The van der Waals surface area contributed by atoms with E-state index in [1.165, 1.54) is 24.1 Å². The molecule has 0 amide bonds. The van der Waals surface area contributed by atoms with Gasteiger partial charge in [0.05, 0.1) is 7.11 Å². The fourth-order valence-electron chi connectivity index (χ4n) is 3.02. The summed E-state index contributed by atoms with van der Waals surface area (Å²) in [6.07, 6.45) is 2.49. The van der Waals surface area contributed by atoms with Crippen LogP contribution in [-0.2, 0) is 5.41 Å². The van der Waals surface area contributed by atoms with E-state index in [2.05, 4.69) is 28.8 Å². The Kier molecular flexibility index (Phi) is 2.28. The van der Waals surface area contributed by atoms with Crippen LogP contribution in [-0.4, -0.2) is 26.7 Å². The van der Waals surface area contributed by atoms with Crippen LogP contribution in [0, 0.1) is 0 Å². The van der Waals surface area contributed by atoms with E-state index < -0.39 is 0 Å². The monoisotopic (exact) mass is 218 g/mol. The molecule has 86 valence electrons. The third-order valence-corrected chi connectivity index (χ3v) is 3.96. The van der Waals surface area contributed by atoms with Crippen molar-refractivity contribution in [3.63, 3.8) is 0 Å². The number of benzene rings is 1. The second-order valence-corrected chi connectivity index (χ2v) is 4.80. The highest BCUT2D eigenvalue weighted by molar-refractivity contribution is 5.60. The SMILES string of the molecule is COc1ccc2c(c1)NCCC21CCNC1. The van der Waals surface area contributed by atoms with Crippen LogP contribution in [0.1, 0.15) is 18.4 Å². The standard InChI is InChI=1S/C13H18N2O/c1-16-10-2-3-11-12(8-10)15-7-5-13(11)4-6-14-9-13/h2-3,8,14-15H,4-7,9H2,1H3. The highest BCUT2D eigenvalue weighted by Gasteiger charge is 2.39. The van der Waals surface area contributed by atoms with Crippen LogP contribution < -0.4 is 15.4 Å². The van der Waals surface area contributed by atoms with Crippen molar-refractivity contribution in [1.82, 2.24) is 5.32 Å². The molecule has 1 aromatic carbocycles. The van der Waals surface area contributed by atoms with E-state index in [1.54, 1.807) is 7.11 Å². The smallest absolute Gasteiger partial charge is 0.120 e. The van der Waals surface area contributed by atoms with Crippen LogP contribution in [0.25, 0.3) is 0 Å². The minimum absolute atomic E-state index is 0.368. The van der Waals surface area contributed by atoms with E-state index in [1.807, 2.05) is 0 Å². The predicted molar refractivity (Wildman–Crippen MR) is 65.3 cm³/mol. The Labute approximate surface area is 96.2 Å². The van der Waals surface area contributed by atoms with Crippen molar-refractivity contribution in [2.45, 2.75) is 18.3 Å². The molecule has 0 radical (unpaired) electrons. The van der Waals surface area contributed by atoms with Gasteiger partial charge in [-0.3, -0.25) is 0 Å². The van der Waals surface area contributed by atoms with Crippen molar-refractivity contribution in [2.75, 3.05) is 32.1 Å². The minimum atomic E-state index is 0.368. The Morgan fingerprint density at radius 2 is 2.12 bits per heavy atom. The number of fused-ring (bicyclic) bond motifs is 2. The second-order valence-electron chi connectivity index (χ2n) is 4.80. The van der Waals surface area contributed by atoms with Gasteiger partial charge in [0.15, 0.2) is 0 Å². The predicted octanol–water partition coefficient (Wildman–Crippen LogP) is 1.74. The molecule has 16 heavy (non-hydrogen) atoms. The highest BCUT2D eigenvalue weighted by atomic mass is 16.5. The number of nitrogens with one attached hydrogen (secondary N) is 2. The molecule has 0 bridgehead atoms. The Balaban J connectivity index is 2.05. The third-order valence-electron chi connectivity index (χ3n) is 3.96. The first-order valence-corrected chi connectivity index (χ1v) is 5.97. The van der Waals surface area contributed by atoms with Crippen LogP contribution in [0.4, 0.5) is 5.69 Å². The summed E-state index contributed by atoms with van der Waals surface area (Å²) in [5.41, 5.74) is 3.09. The summed E-state index contributed by atoms with van der Waals surface area (Å²) in [6, 6.07) is 6.42. The molecule has 0 aliphatic carbocycles. The molecule has 1 saturated heterocycles. The van der Waals surface area contributed by atoms with Gasteiger partial charge in [-0.1, -0.05) is 6.07 Å². The summed E-state index contributed by atoms with van der Waals surface area (Å²) in [6.45, 7) is 3.33. The van der Waals surface area contributed by atoms with E-state index in [0.717, 1.165) is 25.4 Å². The van der Waals surface area contributed by atoms with Gasteiger partial charge in [0.25, 0.3) is 0 Å². The van der Waals surface area contributed by atoms with E-state index in [0.29, 0.717) is 5.41 Å². The van der Waals surface area contributed by atoms with Gasteiger partial charge in [0.1, 0.15) is 5.75 Å². The average molecular weight is 218 g/mol. The summed E-state index contributed by atoms with van der Waals surface area (Å²) in [5, 5.41) is 6.97. The van der Waals surface area contributed by atoms with Crippen molar-refractivity contribution >= 4 is 5.69 Å². The van der Waals surface area contributed by atoms with Crippen molar-refractivity contribution in [2.24, 2.45) is 0 Å². The highest BCUT2D eigenvalue weighted by Crippen LogP contribution is 2.42. The Morgan fingerprint density at radius 3 is 2.88 bits per heavy atom. The molecule has 3 nitrogen and oxygen atoms in total. The number of rotatable bonds is 1. The summed E-state index contributed by atoms with van der Waals surface area (Å²) < 4.78 is 5.28. The lowest BCUT2D eigenvalue weighted by Gasteiger charge is -2.36. The molecule has 1 fully saturated rings. The normalized spacial score (nSPS) is 27.6. The van der Waals surface area contributed by atoms with Gasteiger partial charge >= 0.3 is 0 Å². The first-order valence-electron chi connectivity index (χ1n) is 5.97. The molecule has 1 spiro atoms. The lowest BCUT2D eigenvalue weighted by atomic mass is 9.74. The molecule has 0 saturated carbocycles. The van der Waals surface area contributed by atoms with Crippen LogP contribution in [0.5, 0.6) is 5.75 Å². The summed E-state index contributed by atoms with van der Waals surface area (Å²) in [7, 11) is 1.72. The minimum Gasteiger partial charge on any atom is -0.497 e. The Morgan fingerprint density at radius 1 is 1.25 bits per heavy atom. The van der Waals surface area contributed by atoms with E-state index >= 15 is 0 Å². The quantitative estimate of drug-likeness (QED) is 0.753. The summed E-state index contributed by atoms with van der Waals surface area (Å²) in [5.74, 6) is 0.939. The molecule has 1 unspecified atom stereocenters. The number of hydrogen-bond acceptors (Lipinski definition) is 3. The fraction of sp³-hybridized carbons (Fsp3) is 0.538. The van der Waals surface area contributed by atoms with Crippen LogP contribution in [0.2, 0.25) is 0 Å². The van der Waals surface area contributed by atoms with Gasteiger partial charge in [-0.05, 0) is 31.0 Å². The van der Waals surface area contributed by atoms with Gasteiger partial charge in [-0.25, -0.2) is 0 Å². The van der Waals surface area contributed by atoms with Crippen molar-refractivity contribution in [3.05, 3.63) is 23.8 Å². The van der Waals surface area contributed by atoms with Crippen LogP contribution in [0.3, 0.4) is 0 Å². The zero-order valence-corrected chi connectivity index (χ0v) is 9.68. The molecule has 2 aliphatic heterocycles. The van der Waals surface area contributed by atoms with Crippen molar-refractivity contribution in [1.29, 1.82) is 0 Å². The van der Waals surface area contributed by atoms with E-state index in [4.69, 9.17) is 4.74 Å². The number of anilines is 1. The molecule has 1 aromatic rings. The molecular weight excluding hydrogens is 200 g/mol. The lowest BCUT2D eigenvalue weighted by molar-refractivity contribution is 0.410. The van der Waals surface area contributed by atoms with Gasteiger partial charge in [0, 0.05) is 30.3 Å². The third kappa shape index (κ3) is 1.39. The van der Waals surface area contributed by atoms with Crippen LogP contribution in [0.15, 0.2) is 18.2 Å². The molecule has 3 heteroatoms. The maximum Gasteiger partial charge on any atom is 0.120 e. The molecule has 1 atom stereocenters. The Hall–Kier alpha value is -1.22. The number of ether oxygens (including phenoxy) is 1. The number of hydrogen-bond donors (Lipinski definition) is 2. The topological polar surface area (TPSA) is 33.3 Å². The molecule has 2 aliphatic rings. The fourth-order valence-corrected chi connectivity index (χ4v) is 3.02. The van der Waals surface area contributed by atoms with Gasteiger partial charge < -0.3 is 15.4 Å². The molecule has 3 rings (SSSR count). The first kappa shape index (κ1) is 9.97. The first-order chi connectivity index (χ1) is 7.84. The second kappa shape index (κ2) is 3.67. The summed E-state index contributed by atoms with van der Waals surface area (Å²) >= 11 is 0. The summed E-state index contributed by atoms with van der Waals surface area (Å²) in [4.78, 5) is 0. The average Bonchev–Trinajstić information content (AvgIpc) is 2.78. The molecule has 2 heterocycles. The van der Waals surface area contributed by atoms with Gasteiger partial charge in [-0.2, -0.15) is 0 Å². The van der Waals surface area contributed by atoms with E-state index in [9.17, 15) is 0 Å². The molecular formula is C13H18N2O. The largest absolute Gasteiger partial charge is 0.497 e. The maximum absolute atomic E-state index is 5.28. The van der Waals surface area contributed by atoms with Crippen LogP contribution >= 0.6 is 0 Å². The van der Waals surface area contributed by atoms with Crippen molar-refractivity contribution < 1.29 is 4.74 Å². The zero-order valence-electron chi connectivity index (χ0n) is 9.68. The molecule has 2 N–H and O–H groups in total. The van der Waals surface area contributed by atoms with Gasteiger partial charge in [0.2, 0.25) is 0 Å².